The van der Waals surface area contributed by atoms with E-state index in [1.54, 1.807) is 18.2 Å². The molecule has 0 atom stereocenters. The Labute approximate surface area is 187 Å². The van der Waals surface area contributed by atoms with E-state index in [1.807, 2.05) is 0 Å². The smallest absolute Gasteiger partial charge is 0.264 e. The van der Waals surface area contributed by atoms with Gasteiger partial charge in [-0.1, -0.05) is 18.2 Å². The number of halogens is 1. The lowest BCUT2D eigenvalue weighted by atomic mass is 10.2. The number of carbonyl (C=O) groups is 1. The van der Waals surface area contributed by atoms with Crippen molar-refractivity contribution < 1.29 is 17.6 Å². The molecule has 12 heteroatoms. The molecule has 2 aromatic heterocycles. The van der Waals surface area contributed by atoms with Gasteiger partial charge in [0, 0.05) is 17.7 Å². The summed E-state index contributed by atoms with van der Waals surface area (Å²) in [7, 11) is -3.84. The van der Waals surface area contributed by atoms with E-state index in [0.717, 1.165) is 0 Å². The highest BCUT2D eigenvalue weighted by Gasteiger charge is 2.13. The number of benzene rings is 2. The Morgan fingerprint density at radius 3 is 2.55 bits per heavy atom. The third-order valence-electron chi connectivity index (χ3n) is 4.98. The maximum Gasteiger partial charge on any atom is 0.264 e. The van der Waals surface area contributed by atoms with Gasteiger partial charge < -0.3 is 5.32 Å². The summed E-state index contributed by atoms with van der Waals surface area (Å²) in [5, 5.41) is 12.2. The van der Waals surface area contributed by atoms with Crippen LogP contribution < -0.4 is 16.0 Å². The summed E-state index contributed by atoms with van der Waals surface area (Å²) in [6.07, 6.45) is 2.72. The van der Waals surface area contributed by atoms with Crippen molar-refractivity contribution in [2.75, 3.05) is 6.54 Å². The number of aromatic nitrogens is 4. The van der Waals surface area contributed by atoms with Crippen LogP contribution in [-0.4, -0.2) is 40.2 Å². The van der Waals surface area contributed by atoms with Gasteiger partial charge >= 0.3 is 0 Å². The van der Waals surface area contributed by atoms with Crippen molar-refractivity contribution in [2.45, 2.75) is 18.0 Å². The lowest BCUT2D eigenvalue weighted by Gasteiger charge is -2.08. The largest absolute Gasteiger partial charge is 0.350 e. The molecule has 0 fully saturated rings. The van der Waals surface area contributed by atoms with Crippen molar-refractivity contribution in [3.63, 3.8) is 0 Å². The summed E-state index contributed by atoms with van der Waals surface area (Å²) in [5.41, 5.74) is 0.625. The number of primary sulfonamides is 1. The Kier molecular flexibility index (Phi) is 6.03. The number of nitrogens with two attached hydrogens (primary N) is 1. The number of fused-ring (bicyclic) bond motifs is 1. The predicted octanol–water partition coefficient (Wildman–Crippen LogP) is 0.858. The fourth-order valence-electron chi connectivity index (χ4n) is 3.26. The van der Waals surface area contributed by atoms with Crippen LogP contribution >= 0.6 is 0 Å². The SMILES string of the molecule is NS(=O)(=O)c1ccc(C(=O)NCCn2ncc3c(=O)n(Cc4ccccc4F)cnc32)cc1. The maximum absolute atomic E-state index is 13.9. The molecule has 0 aliphatic heterocycles. The van der Waals surface area contributed by atoms with Gasteiger partial charge in [0.1, 0.15) is 17.5 Å². The number of hydrogen-bond donors (Lipinski definition) is 2. The molecule has 0 bridgehead atoms. The second-order valence-electron chi connectivity index (χ2n) is 7.20. The number of nitrogens with zero attached hydrogens (tertiary/aromatic N) is 4. The summed E-state index contributed by atoms with van der Waals surface area (Å²) in [6.45, 7) is 0.473. The zero-order chi connectivity index (χ0) is 23.6. The lowest BCUT2D eigenvalue weighted by Crippen LogP contribution is -2.28. The minimum absolute atomic E-state index is 0.0416. The van der Waals surface area contributed by atoms with Gasteiger partial charge in [0.15, 0.2) is 5.65 Å². The topological polar surface area (TPSA) is 142 Å². The van der Waals surface area contributed by atoms with Crippen LogP contribution in [0, 0.1) is 5.82 Å². The first-order chi connectivity index (χ1) is 15.7. The highest BCUT2D eigenvalue weighted by atomic mass is 32.2. The Bertz CT molecular complexity index is 1500. The van der Waals surface area contributed by atoms with Gasteiger partial charge in [-0.25, -0.2) is 27.6 Å². The van der Waals surface area contributed by atoms with Gasteiger partial charge in [-0.15, -0.1) is 0 Å². The molecule has 0 spiro atoms. The van der Waals surface area contributed by atoms with E-state index >= 15 is 0 Å². The molecule has 33 heavy (non-hydrogen) atoms. The molecule has 4 rings (SSSR count). The van der Waals surface area contributed by atoms with Crippen molar-refractivity contribution in [1.82, 2.24) is 24.6 Å². The molecule has 4 aromatic rings. The maximum atomic E-state index is 13.9. The zero-order valence-electron chi connectivity index (χ0n) is 17.2. The standard InChI is InChI=1S/C21H19FN6O4S/c22-18-4-2-1-3-15(18)12-27-13-25-19-17(21(27)30)11-26-28(19)10-9-24-20(29)14-5-7-16(8-6-14)33(23,31)32/h1-8,11,13H,9-10,12H2,(H,24,29)(H2,23,31,32). The zero-order valence-corrected chi connectivity index (χ0v) is 18.0. The molecule has 0 aliphatic rings. The third-order valence-corrected chi connectivity index (χ3v) is 5.90. The monoisotopic (exact) mass is 470 g/mol. The fourth-order valence-corrected chi connectivity index (χ4v) is 3.77. The number of carbonyl (C=O) groups excluding carboxylic acids is 1. The predicted molar refractivity (Wildman–Crippen MR) is 117 cm³/mol. The van der Waals surface area contributed by atoms with Crippen LogP contribution in [0.5, 0.6) is 0 Å². The van der Waals surface area contributed by atoms with E-state index in [1.165, 1.54) is 52.1 Å². The van der Waals surface area contributed by atoms with Crippen LogP contribution in [0.2, 0.25) is 0 Å². The number of rotatable bonds is 7. The van der Waals surface area contributed by atoms with Gasteiger partial charge in [-0.2, -0.15) is 5.10 Å². The van der Waals surface area contributed by atoms with E-state index in [-0.39, 0.29) is 41.0 Å². The Hall–Kier alpha value is -3.90. The first-order valence-corrected chi connectivity index (χ1v) is 11.3. The Morgan fingerprint density at radius 2 is 1.85 bits per heavy atom. The molecule has 0 saturated heterocycles. The Morgan fingerprint density at radius 1 is 1.12 bits per heavy atom. The van der Waals surface area contributed by atoms with Crippen LogP contribution in [0.1, 0.15) is 15.9 Å². The molecule has 2 aromatic carbocycles. The lowest BCUT2D eigenvalue weighted by molar-refractivity contribution is 0.0952. The van der Waals surface area contributed by atoms with Crippen LogP contribution in [-0.2, 0) is 23.1 Å². The fraction of sp³-hybridized carbons (Fsp3) is 0.143. The van der Waals surface area contributed by atoms with Gasteiger partial charge in [-0.3, -0.25) is 14.2 Å². The molecule has 3 N–H and O–H groups in total. The molecule has 0 unspecified atom stereocenters. The van der Waals surface area contributed by atoms with Gasteiger partial charge in [0.25, 0.3) is 11.5 Å². The highest BCUT2D eigenvalue weighted by molar-refractivity contribution is 7.89. The quantitative estimate of drug-likeness (QED) is 0.410. The summed E-state index contributed by atoms with van der Waals surface area (Å²) < 4.78 is 39.3. The van der Waals surface area contributed by atoms with Gasteiger partial charge in [0.2, 0.25) is 10.0 Å². The molecule has 1 amide bonds. The van der Waals surface area contributed by atoms with E-state index in [4.69, 9.17) is 5.14 Å². The molecular weight excluding hydrogens is 451 g/mol. The summed E-state index contributed by atoms with van der Waals surface area (Å²) in [5.74, 6) is -0.817. The number of amides is 1. The van der Waals surface area contributed by atoms with Crippen LogP contribution in [0.15, 0.2) is 70.7 Å². The van der Waals surface area contributed by atoms with Crippen molar-refractivity contribution in [1.29, 1.82) is 0 Å². The van der Waals surface area contributed by atoms with Gasteiger partial charge in [0.05, 0.1) is 24.2 Å². The molecule has 10 nitrogen and oxygen atoms in total. The molecule has 0 radical (unpaired) electrons. The first kappa shape index (κ1) is 22.3. The minimum Gasteiger partial charge on any atom is -0.350 e. The number of hydrogen-bond acceptors (Lipinski definition) is 6. The summed E-state index contributed by atoms with van der Waals surface area (Å²) in [4.78, 5) is 29.2. The van der Waals surface area contributed by atoms with Crippen molar-refractivity contribution >= 4 is 27.0 Å². The molecular formula is C21H19FN6O4S. The van der Waals surface area contributed by atoms with Crippen molar-refractivity contribution in [3.05, 3.63) is 88.4 Å². The van der Waals surface area contributed by atoms with Gasteiger partial charge in [-0.05, 0) is 30.3 Å². The Balaban J connectivity index is 1.43. The second-order valence-corrected chi connectivity index (χ2v) is 8.76. The minimum atomic E-state index is -3.84. The van der Waals surface area contributed by atoms with Crippen molar-refractivity contribution in [3.8, 4) is 0 Å². The third kappa shape index (κ3) is 4.81. The van der Waals surface area contributed by atoms with E-state index in [9.17, 15) is 22.4 Å². The summed E-state index contributed by atoms with van der Waals surface area (Å²) in [6, 6.07) is 11.4. The molecule has 170 valence electrons. The molecule has 2 heterocycles. The normalized spacial score (nSPS) is 11.6. The van der Waals surface area contributed by atoms with Crippen molar-refractivity contribution in [2.24, 2.45) is 5.14 Å². The second kappa shape index (κ2) is 8.92. The number of sulfonamides is 1. The van der Waals surface area contributed by atoms with E-state index < -0.39 is 21.7 Å². The van der Waals surface area contributed by atoms with E-state index in [0.29, 0.717) is 11.2 Å². The molecule has 0 aliphatic carbocycles. The van der Waals surface area contributed by atoms with Crippen LogP contribution in [0.25, 0.3) is 11.0 Å². The van der Waals surface area contributed by atoms with Crippen LogP contribution in [0.4, 0.5) is 4.39 Å². The highest BCUT2D eigenvalue weighted by Crippen LogP contribution is 2.11. The average Bonchev–Trinajstić information content (AvgIpc) is 3.20. The van der Waals surface area contributed by atoms with Crippen LogP contribution in [0.3, 0.4) is 0 Å². The number of nitrogens with one attached hydrogen (secondary N) is 1. The van der Waals surface area contributed by atoms with E-state index in [2.05, 4.69) is 15.4 Å². The first-order valence-electron chi connectivity index (χ1n) is 9.79. The summed E-state index contributed by atoms with van der Waals surface area (Å²) >= 11 is 0. The molecule has 0 saturated carbocycles. The average molecular weight is 470 g/mol.